The molecule has 2 atom stereocenters. The predicted molar refractivity (Wildman–Crippen MR) is 69.5 cm³/mol. The number of rotatable bonds is 5. The first kappa shape index (κ1) is 16.0. The molecule has 5 nitrogen and oxygen atoms in total. The van der Waals surface area contributed by atoms with Crippen LogP contribution >= 0.6 is 0 Å². The molecular weight excluding hydrogens is 248 g/mol. The van der Waals surface area contributed by atoms with Crippen molar-refractivity contribution in [3.63, 3.8) is 0 Å². The number of carboxylic acids is 1. The number of esters is 1. The number of cyclic esters (lactones) is 1. The second kappa shape index (κ2) is 5.49. The Balaban J connectivity index is 2.91. The van der Waals surface area contributed by atoms with Crippen LogP contribution in [0.5, 0.6) is 0 Å². The molecule has 1 fully saturated rings. The highest BCUT2D eigenvalue weighted by Crippen LogP contribution is 2.39. The molecule has 1 heterocycles. The van der Waals surface area contributed by atoms with Crippen LogP contribution in [-0.2, 0) is 19.1 Å². The third-order valence-electron chi connectivity index (χ3n) is 3.19. The quantitative estimate of drug-likeness (QED) is 0.779. The maximum atomic E-state index is 12.1. The van der Waals surface area contributed by atoms with E-state index in [0.717, 1.165) is 6.42 Å². The van der Waals surface area contributed by atoms with Crippen molar-refractivity contribution in [2.75, 3.05) is 0 Å². The van der Waals surface area contributed by atoms with Gasteiger partial charge in [0, 0.05) is 5.41 Å². The second-order valence-electron chi connectivity index (χ2n) is 6.72. The van der Waals surface area contributed by atoms with E-state index >= 15 is 0 Å². The maximum Gasteiger partial charge on any atom is 0.341 e. The van der Waals surface area contributed by atoms with Crippen molar-refractivity contribution >= 4 is 11.9 Å². The molecule has 0 radical (unpaired) electrons. The molecule has 0 aliphatic carbocycles. The summed E-state index contributed by atoms with van der Waals surface area (Å²) < 4.78 is 11.0. The van der Waals surface area contributed by atoms with Gasteiger partial charge in [-0.1, -0.05) is 34.6 Å². The van der Waals surface area contributed by atoms with E-state index in [-0.39, 0.29) is 11.8 Å². The molecule has 0 unspecified atom stereocenters. The summed E-state index contributed by atoms with van der Waals surface area (Å²) in [5.41, 5.74) is -1.69. The Morgan fingerprint density at radius 3 is 2.37 bits per heavy atom. The van der Waals surface area contributed by atoms with Gasteiger partial charge >= 0.3 is 11.9 Å². The second-order valence-corrected chi connectivity index (χ2v) is 6.72. The molecule has 0 aromatic carbocycles. The molecule has 0 aromatic heterocycles. The van der Waals surface area contributed by atoms with E-state index in [4.69, 9.17) is 14.6 Å². The van der Waals surface area contributed by atoms with Gasteiger partial charge in [-0.05, 0) is 18.8 Å². The lowest BCUT2D eigenvalue weighted by atomic mass is 9.90. The lowest BCUT2D eigenvalue weighted by Gasteiger charge is -2.28. The molecule has 0 bridgehead atoms. The Labute approximate surface area is 114 Å². The topological polar surface area (TPSA) is 72.8 Å². The Bertz CT molecular complexity index is 355. The molecule has 0 saturated carbocycles. The summed E-state index contributed by atoms with van der Waals surface area (Å²) in [6.07, 6.45) is 0.0683. The highest BCUT2D eigenvalue weighted by Gasteiger charge is 2.54. The first-order chi connectivity index (χ1) is 8.57. The van der Waals surface area contributed by atoms with E-state index < -0.39 is 23.8 Å². The average molecular weight is 272 g/mol. The summed E-state index contributed by atoms with van der Waals surface area (Å²) in [7, 11) is 0. The van der Waals surface area contributed by atoms with Gasteiger partial charge in [0.25, 0.3) is 0 Å². The molecule has 5 heteroatoms. The number of carbonyl (C=O) groups excluding carboxylic acids is 1. The molecule has 1 saturated heterocycles. The van der Waals surface area contributed by atoms with Crippen LogP contribution in [-0.4, -0.2) is 28.9 Å². The molecule has 1 N–H and O–H groups in total. The fraction of sp³-hybridized carbons (Fsp3) is 0.857. The Kier molecular flexibility index (Phi) is 4.61. The molecule has 1 aliphatic heterocycles. The van der Waals surface area contributed by atoms with Gasteiger partial charge in [-0.25, -0.2) is 4.79 Å². The molecule has 0 spiro atoms. The fourth-order valence-corrected chi connectivity index (χ4v) is 1.96. The third kappa shape index (κ3) is 3.93. The van der Waals surface area contributed by atoms with E-state index in [1.165, 1.54) is 0 Å². The highest BCUT2D eigenvalue weighted by molar-refractivity contribution is 5.86. The van der Waals surface area contributed by atoms with Gasteiger partial charge in [-0.2, -0.15) is 0 Å². The zero-order valence-electron chi connectivity index (χ0n) is 12.4. The minimum Gasteiger partial charge on any atom is -0.481 e. The molecule has 1 rings (SSSR count). The average Bonchev–Trinajstić information content (AvgIpc) is 2.53. The van der Waals surface area contributed by atoms with Gasteiger partial charge in [0.2, 0.25) is 6.29 Å². The van der Waals surface area contributed by atoms with Crippen molar-refractivity contribution in [1.29, 1.82) is 0 Å². The van der Waals surface area contributed by atoms with Crippen LogP contribution in [0.4, 0.5) is 0 Å². The Morgan fingerprint density at radius 1 is 1.42 bits per heavy atom. The summed E-state index contributed by atoms with van der Waals surface area (Å²) in [6, 6.07) is 0. The number of ether oxygens (including phenoxy) is 2. The van der Waals surface area contributed by atoms with Gasteiger partial charge in [0.15, 0.2) is 5.60 Å². The smallest absolute Gasteiger partial charge is 0.341 e. The van der Waals surface area contributed by atoms with Crippen molar-refractivity contribution in [3.05, 3.63) is 0 Å². The van der Waals surface area contributed by atoms with Crippen molar-refractivity contribution in [2.24, 2.45) is 11.3 Å². The minimum atomic E-state index is -1.33. The zero-order valence-corrected chi connectivity index (χ0v) is 12.4. The summed E-state index contributed by atoms with van der Waals surface area (Å²) in [5.74, 6) is -1.22. The Morgan fingerprint density at radius 2 is 2.00 bits per heavy atom. The van der Waals surface area contributed by atoms with Gasteiger partial charge in [-0.15, -0.1) is 0 Å². The normalized spacial score (nSPS) is 27.7. The largest absolute Gasteiger partial charge is 0.481 e. The highest BCUT2D eigenvalue weighted by atomic mass is 16.8. The SMILES string of the molecule is CC(C)CC[C@]1(CC(=O)O)O[C@@H](C(C)(C)C)OC1=O. The van der Waals surface area contributed by atoms with Crippen LogP contribution in [0.15, 0.2) is 0 Å². The van der Waals surface area contributed by atoms with E-state index in [2.05, 4.69) is 0 Å². The standard InChI is InChI=1S/C14H24O5/c1-9(2)6-7-14(8-10(15)16)11(17)18-12(19-14)13(3,4)5/h9,12H,6-8H2,1-5H3,(H,15,16)/t12-,14+/m0/s1. The van der Waals surface area contributed by atoms with E-state index in [1.54, 1.807) is 0 Å². The molecule has 19 heavy (non-hydrogen) atoms. The minimum absolute atomic E-state index is 0.342. The molecule has 0 amide bonds. The van der Waals surface area contributed by atoms with E-state index in [1.807, 2.05) is 34.6 Å². The zero-order chi connectivity index (χ0) is 14.8. The third-order valence-corrected chi connectivity index (χ3v) is 3.19. The van der Waals surface area contributed by atoms with E-state index in [9.17, 15) is 9.59 Å². The lowest BCUT2D eigenvalue weighted by molar-refractivity contribution is -0.161. The maximum absolute atomic E-state index is 12.1. The first-order valence-electron chi connectivity index (χ1n) is 6.67. The number of aliphatic carboxylic acids is 1. The molecule has 0 aromatic rings. The monoisotopic (exact) mass is 272 g/mol. The number of carbonyl (C=O) groups is 2. The van der Waals surface area contributed by atoms with Crippen LogP contribution in [0.25, 0.3) is 0 Å². The number of carboxylic acid groups (broad SMARTS) is 1. The van der Waals surface area contributed by atoms with Crippen LogP contribution in [0.3, 0.4) is 0 Å². The predicted octanol–water partition coefficient (Wildman–Crippen LogP) is 2.58. The van der Waals surface area contributed by atoms with Gasteiger partial charge in [-0.3, -0.25) is 4.79 Å². The Hall–Kier alpha value is -1.10. The molecule has 1 aliphatic rings. The van der Waals surface area contributed by atoms with Crippen LogP contribution in [0.2, 0.25) is 0 Å². The fourth-order valence-electron chi connectivity index (χ4n) is 1.96. The van der Waals surface area contributed by atoms with Crippen LogP contribution in [0.1, 0.15) is 53.9 Å². The van der Waals surface area contributed by atoms with Gasteiger partial charge < -0.3 is 14.6 Å². The molecular formula is C14H24O5. The van der Waals surface area contributed by atoms with Crippen molar-refractivity contribution in [1.82, 2.24) is 0 Å². The summed E-state index contributed by atoms with van der Waals surface area (Å²) in [5, 5.41) is 9.02. The molecule has 110 valence electrons. The number of hydrogen-bond acceptors (Lipinski definition) is 4. The van der Waals surface area contributed by atoms with Gasteiger partial charge in [0.05, 0.1) is 6.42 Å². The summed E-state index contributed by atoms with van der Waals surface area (Å²) in [4.78, 5) is 23.1. The van der Waals surface area contributed by atoms with Gasteiger partial charge in [0.1, 0.15) is 0 Å². The summed E-state index contributed by atoms with van der Waals surface area (Å²) >= 11 is 0. The van der Waals surface area contributed by atoms with E-state index in [0.29, 0.717) is 12.3 Å². The van der Waals surface area contributed by atoms with Crippen molar-refractivity contribution < 1.29 is 24.2 Å². The lowest BCUT2D eigenvalue weighted by Crippen LogP contribution is -2.40. The van der Waals surface area contributed by atoms with Crippen molar-refractivity contribution in [3.8, 4) is 0 Å². The van der Waals surface area contributed by atoms with Crippen LogP contribution in [0, 0.1) is 11.3 Å². The number of hydrogen-bond donors (Lipinski definition) is 1. The summed E-state index contributed by atoms with van der Waals surface area (Å²) in [6.45, 7) is 9.73. The van der Waals surface area contributed by atoms with Crippen molar-refractivity contribution in [2.45, 2.75) is 65.8 Å². The first-order valence-corrected chi connectivity index (χ1v) is 6.67. The van der Waals surface area contributed by atoms with Crippen LogP contribution < -0.4 is 0 Å².